The van der Waals surface area contributed by atoms with Crippen LogP contribution in [0.4, 0.5) is 0 Å². The van der Waals surface area contributed by atoms with Crippen LogP contribution in [0.15, 0.2) is 0 Å². The van der Waals surface area contributed by atoms with Gasteiger partial charge in [0.15, 0.2) is 3.61 Å². The topological polar surface area (TPSA) is 52.3 Å². The molecule has 1 amide bonds. The highest BCUT2D eigenvalue weighted by Crippen LogP contribution is 2.23. The molecule has 0 spiro atoms. The maximum atomic E-state index is 10.7. The number of alkyl halides is 1. The number of amides is 1. The van der Waals surface area contributed by atoms with E-state index in [0.717, 1.165) is 0 Å². The first kappa shape index (κ1) is 10.2. The Kier molecular flexibility index (Phi) is 4.19. The number of carbonyl (C=O) groups excluding carboxylic acids is 1. The number of primary amides is 1. The SMILES string of the molecule is CCOC(I)(CC)C(N)=O. The number of hydrogen-bond acceptors (Lipinski definition) is 2. The predicted octanol–water partition coefficient (Wildman–Crippen LogP) is 1.05. The molecule has 0 radical (unpaired) electrons. The molecule has 0 aliphatic rings. The van der Waals surface area contributed by atoms with Gasteiger partial charge in [-0.15, -0.1) is 0 Å². The first-order valence-electron chi connectivity index (χ1n) is 3.19. The van der Waals surface area contributed by atoms with Crippen molar-refractivity contribution in [3.8, 4) is 0 Å². The maximum absolute atomic E-state index is 10.7. The van der Waals surface area contributed by atoms with Crippen molar-refractivity contribution in [2.75, 3.05) is 6.61 Å². The molecule has 0 heterocycles. The third-order valence-corrected chi connectivity index (χ3v) is 2.80. The Labute approximate surface area is 74.4 Å². The summed E-state index contributed by atoms with van der Waals surface area (Å²) in [6, 6.07) is 0. The van der Waals surface area contributed by atoms with Gasteiger partial charge in [0.25, 0.3) is 5.91 Å². The lowest BCUT2D eigenvalue weighted by Crippen LogP contribution is -2.39. The molecule has 3 nitrogen and oxygen atoms in total. The molecule has 10 heavy (non-hydrogen) atoms. The van der Waals surface area contributed by atoms with Gasteiger partial charge >= 0.3 is 0 Å². The van der Waals surface area contributed by atoms with E-state index in [4.69, 9.17) is 10.5 Å². The van der Waals surface area contributed by atoms with Crippen molar-refractivity contribution < 1.29 is 9.53 Å². The molecule has 0 fully saturated rings. The van der Waals surface area contributed by atoms with Crippen molar-refractivity contribution in [1.82, 2.24) is 0 Å². The molecule has 60 valence electrons. The Morgan fingerprint density at radius 1 is 1.70 bits per heavy atom. The van der Waals surface area contributed by atoms with Crippen molar-refractivity contribution >= 4 is 28.5 Å². The van der Waals surface area contributed by atoms with Gasteiger partial charge in [0.1, 0.15) is 0 Å². The zero-order chi connectivity index (χ0) is 8.20. The first-order chi connectivity index (χ1) is 4.56. The molecule has 0 rings (SSSR count). The summed E-state index contributed by atoms with van der Waals surface area (Å²) < 4.78 is 4.35. The highest BCUT2D eigenvalue weighted by Gasteiger charge is 2.31. The summed E-state index contributed by atoms with van der Waals surface area (Å²) >= 11 is 1.93. The van der Waals surface area contributed by atoms with Gasteiger partial charge in [-0.3, -0.25) is 4.79 Å². The Bertz CT molecular complexity index is 129. The summed E-state index contributed by atoms with van der Waals surface area (Å²) in [7, 11) is 0. The molecule has 0 bridgehead atoms. The molecule has 0 saturated heterocycles. The molecule has 4 heteroatoms. The van der Waals surface area contributed by atoms with Crippen LogP contribution in [-0.4, -0.2) is 16.1 Å². The first-order valence-corrected chi connectivity index (χ1v) is 4.27. The molecule has 0 aromatic carbocycles. The zero-order valence-corrected chi connectivity index (χ0v) is 8.34. The number of carbonyl (C=O) groups is 1. The van der Waals surface area contributed by atoms with E-state index < -0.39 is 9.51 Å². The molecule has 2 N–H and O–H groups in total. The molecule has 0 aromatic rings. The van der Waals surface area contributed by atoms with Gasteiger partial charge in [-0.1, -0.05) is 6.92 Å². The average Bonchev–Trinajstić information content (AvgIpc) is 1.88. The molecule has 0 aliphatic heterocycles. The Balaban J connectivity index is 4.08. The van der Waals surface area contributed by atoms with Gasteiger partial charge in [-0.05, 0) is 35.9 Å². The summed E-state index contributed by atoms with van der Waals surface area (Å²) in [6.07, 6.45) is 0.608. The lowest BCUT2D eigenvalue weighted by atomic mass is 10.3. The number of rotatable bonds is 4. The van der Waals surface area contributed by atoms with Crippen LogP contribution in [0.25, 0.3) is 0 Å². The van der Waals surface area contributed by atoms with E-state index in [1.165, 1.54) is 0 Å². The van der Waals surface area contributed by atoms with E-state index in [-0.39, 0.29) is 0 Å². The van der Waals surface area contributed by atoms with E-state index in [1.807, 2.05) is 36.4 Å². The van der Waals surface area contributed by atoms with Crippen molar-refractivity contribution in [3.05, 3.63) is 0 Å². The summed E-state index contributed by atoms with van der Waals surface area (Å²) in [4.78, 5) is 10.7. The summed E-state index contributed by atoms with van der Waals surface area (Å²) in [5.41, 5.74) is 5.10. The third kappa shape index (κ3) is 2.42. The predicted molar refractivity (Wildman–Crippen MR) is 47.9 cm³/mol. The minimum absolute atomic E-state index is 0.405. The monoisotopic (exact) mass is 257 g/mol. The van der Waals surface area contributed by atoms with E-state index in [9.17, 15) is 4.79 Å². The number of nitrogens with two attached hydrogens (primary N) is 1. The zero-order valence-electron chi connectivity index (χ0n) is 6.19. The van der Waals surface area contributed by atoms with Crippen LogP contribution in [0.3, 0.4) is 0 Å². The van der Waals surface area contributed by atoms with Gasteiger partial charge in [0.2, 0.25) is 0 Å². The van der Waals surface area contributed by atoms with Crippen LogP contribution in [0.5, 0.6) is 0 Å². The maximum Gasteiger partial charge on any atom is 0.259 e. The average molecular weight is 257 g/mol. The quantitative estimate of drug-likeness (QED) is 0.604. The second-order valence-electron chi connectivity index (χ2n) is 1.88. The third-order valence-electron chi connectivity index (χ3n) is 1.20. The molecule has 1 atom stereocenters. The summed E-state index contributed by atoms with van der Waals surface area (Å²) in [5, 5.41) is 0. The minimum atomic E-state index is -0.799. The standard InChI is InChI=1S/C6H12INO2/c1-3-6(7,5(8)9)10-4-2/h3-4H2,1-2H3,(H2,8,9). The van der Waals surface area contributed by atoms with E-state index in [0.29, 0.717) is 13.0 Å². The number of hydrogen-bond donors (Lipinski definition) is 1. The van der Waals surface area contributed by atoms with Crippen molar-refractivity contribution in [3.63, 3.8) is 0 Å². The van der Waals surface area contributed by atoms with Crippen molar-refractivity contribution in [1.29, 1.82) is 0 Å². The van der Waals surface area contributed by atoms with Gasteiger partial charge in [0, 0.05) is 6.61 Å². The fourth-order valence-corrected chi connectivity index (χ4v) is 0.888. The lowest BCUT2D eigenvalue weighted by molar-refractivity contribution is -0.130. The van der Waals surface area contributed by atoms with Crippen LogP contribution in [0.1, 0.15) is 20.3 Å². The highest BCUT2D eigenvalue weighted by molar-refractivity contribution is 14.1. The second-order valence-corrected chi connectivity index (χ2v) is 3.62. The lowest BCUT2D eigenvalue weighted by Gasteiger charge is -2.21. The largest absolute Gasteiger partial charge is 0.366 e. The van der Waals surface area contributed by atoms with Gasteiger partial charge in [-0.2, -0.15) is 0 Å². The normalized spacial score (nSPS) is 16.3. The smallest absolute Gasteiger partial charge is 0.259 e. The van der Waals surface area contributed by atoms with Gasteiger partial charge in [-0.25, -0.2) is 0 Å². The van der Waals surface area contributed by atoms with Crippen LogP contribution in [-0.2, 0) is 9.53 Å². The number of halogens is 1. The Morgan fingerprint density at radius 3 is 2.30 bits per heavy atom. The second kappa shape index (κ2) is 4.12. The molecule has 1 unspecified atom stereocenters. The van der Waals surface area contributed by atoms with Gasteiger partial charge in [0.05, 0.1) is 0 Å². The minimum Gasteiger partial charge on any atom is -0.366 e. The van der Waals surface area contributed by atoms with Crippen molar-refractivity contribution in [2.24, 2.45) is 5.73 Å². The van der Waals surface area contributed by atoms with Crippen LogP contribution >= 0.6 is 22.6 Å². The van der Waals surface area contributed by atoms with Crippen molar-refractivity contribution in [2.45, 2.75) is 23.9 Å². The highest BCUT2D eigenvalue weighted by atomic mass is 127. The Morgan fingerprint density at radius 2 is 2.20 bits per heavy atom. The summed E-state index contributed by atoms with van der Waals surface area (Å²) in [6.45, 7) is 4.22. The van der Waals surface area contributed by atoms with Crippen LogP contribution in [0.2, 0.25) is 0 Å². The fraction of sp³-hybridized carbons (Fsp3) is 0.833. The molecule has 0 saturated carbocycles. The molecular formula is C6H12INO2. The van der Waals surface area contributed by atoms with Crippen LogP contribution < -0.4 is 5.73 Å². The molecular weight excluding hydrogens is 245 g/mol. The van der Waals surface area contributed by atoms with E-state index in [1.54, 1.807) is 0 Å². The fourth-order valence-electron chi connectivity index (χ4n) is 0.576. The van der Waals surface area contributed by atoms with Crippen LogP contribution in [0, 0.1) is 0 Å². The van der Waals surface area contributed by atoms with Gasteiger partial charge < -0.3 is 10.5 Å². The number of ether oxygens (including phenoxy) is 1. The molecule has 0 aliphatic carbocycles. The molecule has 0 aromatic heterocycles. The van der Waals surface area contributed by atoms with E-state index in [2.05, 4.69) is 0 Å². The summed E-state index contributed by atoms with van der Waals surface area (Å²) in [5.74, 6) is -0.405. The van der Waals surface area contributed by atoms with E-state index >= 15 is 0 Å². The Hall–Kier alpha value is 0.160.